The summed E-state index contributed by atoms with van der Waals surface area (Å²) in [6.45, 7) is 1.08. The van der Waals surface area contributed by atoms with Gasteiger partial charge in [-0.1, -0.05) is 0 Å². The molecule has 1 aromatic heterocycles. The van der Waals surface area contributed by atoms with Crippen LogP contribution in [0.2, 0.25) is 0 Å². The second-order valence-electron chi connectivity index (χ2n) is 5.62. The van der Waals surface area contributed by atoms with Crippen LogP contribution in [0.4, 0.5) is 0 Å². The Hall–Kier alpha value is -2.02. The van der Waals surface area contributed by atoms with Crippen LogP contribution in [0, 0.1) is 6.92 Å². The highest BCUT2D eigenvalue weighted by Crippen LogP contribution is 2.44. The minimum Gasteiger partial charge on any atom is -0.460 e. The summed E-state index contributed by atoms with van der Waals surface area (Å²) >= 11 is 0. The Labute approximate surface area is 134 Å². The van der Waals surface area contributed by atoms with E-state index in [-0.39, 0.29) is 12.2 Å². The maximum atomic E-state index is 12.1. The lowest BCUT2D eigenvalue weighted by atomic mass is 9.94. The highest BCUT2D eigenvalue weighted by Gasteiger charge is 2.69. The Balaban J connectivity index is 2.10. The quantitative estimate of drug-likeness (QED) is 0.434. The van der Waals surface area contributed by atoms with Gasteiger partial charge in [-0.15, -0.1) is 0 Å². The first-order valence-corrected chi connectivity index (χ1v) is 8.61. The number of H-pyrrole nitrogens is 1. The van der Waals surface area contributed by atoms with Gasteiger partial charge in [-0.2, -0.15) is 8.42 Å². The average molecular weight is 362 g/mol. The highest BCUT2D eigenvalue weighted by molar-refractivity contribution is 7.86. The number of carbonyl (C=O) groups is 1. The number of aliphatic hydroxyl groups excluding tert-OH is 1. The van der Waals surface area contributed by atoms with Crippen molar-refractivity contribution in [3.63, 3.8) is 0 Å². The van der Waals surface area contributed by atoms with Crippen LogP contribution in [-0.2, 0) is 28.6 Å². The van der Waals surface area contributed by atoms with Gasteiger partial charge in [0.2, 0.25) is 5.60 Å². The van der Waals surface area contributed by atoms with Gasteiger partial charge < -0.3 is 14.6 Å². The fraction of sp³-hybridized carbons (Fsp3) is 0.583. The van der Waals surface area contributed by atoms with Crippen LogP contribution >= 0.6 is 0 Å². The number of aryl methyl sites for hydroxylation is 1. The zero-order valence-electron chi connectivity index (χ0n) is 12.6. The zero-order chi connectivity index (χ0) is 17.9. The van der Waals surface area contributed by atoms with Gasteiger partial charge in [-0.3, -0.25) is 14.3 Å². The van der Waals surface area contributed by atoms with Crippen LogP contribution in [0.3, 0.4) is 0 Å². The van der Waals surface area contributed by atoms with Crippen molar-refractivity contribution >= 4 is 16.1 Å². The lowest BCUT2D eigenvalue weighted by Gasteiger charge is -2.26. The van der Waals surface area contributed by atoms with Gasteiger partial charge in [0, 0.05) is 11.8 Å². The molecule has 0 amide bonds. The van der Waals surface area contributed by atoms with Crippen molar-refractivity contribution in [3.8, 4) is 0 Å². The number of aliphatic hydroxyl groups is 1. The van der Waals surface area contributed by atoms with E-state index in [2.05, 4.69) is 0 Å². The van der Waals surface area contributed by atoms with Crippen LogP contribution in [0.1, 0.15) is 11.8 Å². The number of nitrogens with one attached hydrogen (secondary N) is 1. The smallest absolute Gasteiger partial charge is 0.345 e. The van der Waals surface area contributed by atoms with Crippen molar-refractivity contribution in [2.24, 2.45) is 0 Å². The Morgan fingerprint density at radius 2 is 2.08 bits per heavy atom. The number of aromatic amines is 1. The van der Waals surface area contributed by atoms with Crippen molar-refractivity contribution in [2.45, 2.75) is 31.0 Å². The molecule has 2 N–H and O–H groups in total. The largest absolute Gasteiger partial charge is 0.460 e. The van der Waals surface area contributed by atoms with E-state index in [0.29, 0.717) is 6.26 Å². The van der Waals surface area contributed by atoms with Crippen LogP contribution in [0.25, 0.3) is 0 Å². The van der Waals surface area contributed by atoms with E-state index < -0.39 is 51.4 Å². The Bertz CT molecular complexity index is 917. The zero-order valence-corrected chi connectivity index (χ0v) is 13.4. The Morgan fingerprint density at radius 1 is 1.42 bits per heavy atom. The van der Waals surface area contributed by atoms with Crippen molar-refractivity contribution in [2.75, 3.05) is 12.9 Å². The Kier molecular flexibility index (Phi) is 3.67. The first-order valence-electron chi connectivity index (χ1n) is 6.79. The first-order chi connectivity index (χ1) is 11.1. The summed E-state index contributed by atoms with van der Waals surface area (Å²) in [4.78, 5) is 37.5. The summed E-state index contributed by atoms with van der Waals surface area (Å²) < 4.78 is 38.9. The fourth-order valence-corrected chi connectivity index (χ4v) is 3.58. The lowest BCUT2D eigenvalue weighted by Crippen LogP contribution is -2.54. The van der Waals surface area contributed by atoms with Crippen LogP contribution < -0.4 is 11.2 Å². The molecule has 132 valence electrons. The summed E-state index contributed by atoms with van der Waals surface area (Å²) in [7, 11) is -4.15. The van der Waals surface area contributed by atoms with Crippen LogP contribution in [0.5, 0.6) is 0 Å². The van der Waals surface area contributed by atoms with Crippen molar-refractivity contribution in [1.82, 2.24) is 9.55 Å². The molecular weight excluding hydrogens is 348 g/mol. The number of nitrogens with zero attached hydrogens (tertiary/aromatic N) is 1. The Morgan fingerprint density at radius 3 is 2.71 bits per heavy atom. The molecule has 11 nitrogen and oxygen atoms in total. The van der Waals surface area contributed by atoms with Gasteiger partial charge in [-0.05, 0) is 6.92 Å². The van der Waals surface area contributed by atoms with Gasteiger partial charge >= 0.3 is 11.7 Å². The molecule has 0 spiro atoms. The molecule has 3 heterocycles. The second-order valence-corrected chi connectivity index (χ2v) is 7.19. The summed E-state index contributed by atoms with van der Waals surface area (Å²) in [6, 6.07) is 0. The summed E-state index contributed by atoms with van der Waals surface area (Å²) in [6.07, 6.45) is -2.68. The lowest BCUT2D eigenvalue weighted by molar-refractivity contribution is -0.159. The number of hydrogen-bond acceptors (Lipinski definition) is 9. The van der Waals surface area contributed by atoms with E-state index in [1.165, 1.54) is 6.92 Å². The standard InChI is InChI=1S/C12H14N2O9S/c1-5-3-14(11(18)13-8(5)16)9-7(15)12(23-24(2,19)20)6(22-9)4-21-10(12)17/h3,6-7,9,15H,4H2,1-2H3,(H,13,16,18)/t6?,7?,9-,12?/m1/s1. The third-order valence-corrected chi connectivity index (χ3v) is 4.46. The minimum absolute atomic E-state index is 0.156. The monoisotopic (exact) mass is 362 g/mol. The number of carbonyl (C=O) groups excluding carboxylic acids is 1. The van der Waals surface area contributed by atoms with E-state index >= 15 is 0 Å². The maximum Gasteiger partial charge on any atom is 0.345 e. The van der Waals surface area contributed by atoms with Crippen molar-refractivity contribution in [3.05, 3.63) is 32.6 Å². The topological polar surface area (TPSA) is 154 Å². The summed E-state index contributed by atoms with van der Waals surface area (Å²) in [5, 5.41) is 10.5. The molecular formula is C12H14N2O9S. The molecule has 12 heteroatoms. The van der Waals surface area contributed by atoms with E-state index in [1.54, 1.807) is 0 Å². The third kappa shape index (κ3) is 2.38. The van der Waals surface area contributed by atoms with Gasteiger partial charge in [0.25, 0.3) is 15.7 Å². The molecule has 0 radical (unpaired) electrons. The van der Waals surface area contributed by atoms with E-state index in [9.17, 15) is 27.9 Å². The maximum absolute atomic E-state index is 12.1. The first kappa shape index (κ1) is 16.8. The molecule has 2 saturated heterocycles. The number of aromatic nitrogens is 2. The second kappa shape index (κ2) is 5.24. The van der Waals surface area contributed by atoms with Gasteiger partial charge in [-0.25, -0.2) is 13.8 Å². The van der Waals surface area contributed by atoms with Gasteiger partial charge in [0.05, 0.1) is 6.26 Å². The van der Waals surface area contributed by atoms with Crippen LogP contribution in [0.15, 0.2) is 15.8 Å². The average Bonchev–Trinajstić information content (AvgIpc) is 2.89. The molecule has 1 aromatic rings. The van der Waals surface area contributed by atoms with Gasteiger partial charge in [0.1, 0.15) is 18.8 Å². The predicted molar refractivity (Wildman–Crippen MR) is 75.6 cm³/mol. The number of esters is 1. The summed E-state index contributed by atoms with van der Waals surface area (Å²) in [5.74, 6) is -1.11. The molecule has 24 heavy (non-hydrogen) atoms. The van der Waals surface area contributed by atoms with E-state index in [0.717, 1.165) is 10.8 Å². The summed E-state index contributed by atoms with van der Waals surface area (Å²) in [5.41, 5.74) is -3.66. The van der Waals surface area contributed by atoms with Crippen molar-refractivity contribution < 1.29 is 32.0 Å². The molecule has 4 atom stereocenters. The number of hydrogen-bond donors (Lipinski definition) is 2. The van der Waals surface area contributed by atoms with Crippen molar-refractivity contribution in [1.29, 1.82) is 0 Å². The normalized spacial score (nSPS) is 32.6. The molecule has 3 rings (SSSR count). The molecule has 0 bridgehead atoms. The number of fused-ring (bicyclic) bond motifs is 1. The molecule has 0 saturated carbocycles. The predicted octanol–water partition coefficient (Wildman–Crippen LogP) is -2.62. The van der Waals surface area contributed by atoms with E-state index in [4.69, 9.17) is 13.7 Å². The fourth-order valence-electron chi connectivity index (χ4n) is 2.81. The SMILES string of the molecule is Cc1cn([C@@H]2OC3COC(=O)C3(OS(C)(=O)=O)C2O)c(=O)[nH]c1=O. The number of ether oxygens (including phenoxy) is 2. The third-order valence-electron chi connectivity index (χ3n) is 3.89. The molecule has 0 aliphatic carbocycles. The molecule has 2 fully saturated rings. The van der Waals surface area contributed by atoms with E-state index in [1.807, 2.05) is 4.98 Å². The number of cyclic esters (lactones) is 1. The molecule has 2 aliphatic heterocycles. The molecule has 3 unspecified atom stereocenters. The minimum atomic E-state index is -4.15. The van der Waals surface area contributed by atoms with Crippen LogP contribution in [-0.4, -0.2) is 59.7 Å². The van der Waals surface area contributed by atoms with Gasteiger partial charge in [0.15, 0.2) is 6.23 Å². The molecule has 0 aromatic carbocycles. The molecule has 2 aliphatic rings. The number of rotatable bonds is 3. The highest BCUT2D eigenvalue weighted by atomic mass is 32.2.